The number of hydrogen-bond acceptors (Lipinski definition) is 5. The average molecular weight is 397 g/mol. The van der Waals surface area contributed by atoms with Crippen molar-refractivity contribution in [1.82, 2.24) is 14.5 Å². The Bertz CT molecular complexity index is 1080. The van der Waals surface area contributed by atoms with E-state index in [1.54, 1.807) is 13.4 Å². The molecule has 1 aliphatic carbocycles. The molecule has 1 saturated carbocycles. The van der Waals surface area contributed by atoms with E-state index in [-0.39, 0.29) is 12.3 Å². The summed E-state index contributed by atoms with van der Waals surface area (Å²) in [6.07, 6.45) is 1.72. The minimum Gasteiger partial charge on any atom is -0.497 e. The van der Waals surface area contributed by atoms with Gasteiger partial charge in [-0.05, 0) is 24.5 Å². The third-order valence-corrected chi connectivity index (χ3v) is 5.37. The van der Waals surface area contributed by atoms with Crippen LogP contribution < -0.4 is 15.0 Å². The number of benzene rings is 1. The summed E-state index contributed by atoms with van der Waals surface area (Å²) in [7, 11) is 5.43. The van der Waals surface area contributed by atoms with Crippen LogP contribution in [0, 0.1) is 5.92 Å². The summed E-state index contributed by atoms with van der Waals surface area (Å²) in [5.41, 5.74) is 3.51. The maximum absolute atomic E-state index is 13.3. The topological polar surface area (TPSA) is 72.3 Å². The molecule has 2 heterocycles. The lowest BCUT2D eigenvalue weighted by Crippen LogP contribution is -2.18. The maximum Gasteiger partial charge on any atom is 0.231 e. The van der Waals surface area contributed by atoms with Crippen molar-refractivity contribution in [3.05, 3.63) is 36.2 Å². The van der Waals surface area contributed by atoms with E-state index >= 15 is 0 Å². The Kier molecular flexibility index (Phi) is 4.86. The van der Waals surface area contributed by atoms with E-state index in [0.29, 0.717) is 17.2 Å². The zero-order valence-corrected chi connectivity index (χ0v) is 16.9. The van der Waals surface area contributed by atoms with Gasteiger partial charge in [-0.25, -0.2) is 14.4 Å². The summed E-state index contributed by atoms with van der Waals surface area (Å²) >= 11 is 0. The van der Waals surface area contributed by atoms with Crippen LogP contribution in [-0.4, -0.2) is 40.8 Å². The molecule has 0 bridgehead atoms. The highest BCUT2D eigenvalue weighted by Gasteiger charge is 2.44. The molecule has 29 heavy (non-hydrogen) atoms. The van der Waals surface area contributed by atoms with Gasteiger partial charge in [0, 0.05) is 31.9 Å². The van der Waals surface area contributed by atoms with Gasteiger partial charge in [0.1, 0.15) is 23.3 Å². The lowest BCUT2D eigenvalue weighted by atomic mass is 10.1. The first kappa shape index (κ1) is 19.2. The van der Waals surface area contributed by atoms with E-state index < -0.39 is 12.1 Å². The number of fused-ring (bicyclic) bond motifs is 1. The smallest absolute Gasteiger partial charge is 0.231 e. The Labute approximate surface area is 168 Å². The van der Waals surface area contributed by atoms with Gasteiger partial charge in [-0.2, -0.15) is 0 Å². The molecule has 1 fully saturated rings. The molecule has 0 spiro atoms. The Morgan fingerprint density at radius 2 is 2.17 bits per heavy atom. The maximum atomic E-state index is 13.3. The van der Waals surface area contributed by atoms with Gasteiger partial charge in [0.25, 0.3) is 0 Å². The molecule has 0 unspecified atom stereocenters. The molecular formula is C21H24FN5O2. The van der Waals surface area contributed by atoms with Gasteiger partial charge in [0.05, 0.1) is 24.9 Å². The normalized spacial score (nSPS) is 18.0. The third kappa shape index (κ3) is 3.50. The number of anilines is 3. The fourth-order valence-corrected chi connectivity index (χ4v) is 3.42. The Hall–Kier alpha value is -3.16. The Morgan fingerprint density at radius 1 is 1.41 bits per heavy atom. The second kappa shape index (κ2) is 7.35. The molecule has 1 aromatic carbocycles. The first-order chi connectivity index (χ1) is 13.9. The number of nitrogens with zero attached hydrogens (tertiary/aromatic N) is 4. The van der Waals surface area contributed by atoms with Crippen molar-refractivity contribution in [1.29, 1.82) is 0 Å². The summed E-state index contributed by atoms with van der Waals surface area (Å²) in [5, 5.41) is 2.77. The number of imidazole rings is 1. The first-order valence-electron chi connectivity index (χ1n) is 9.60. The van der Waals surface area contributed by atoms with Crippen LogP contribution in [-0.2, 0) is 18.3 Å². The highest BCUT2D eigenvalue weighted by Crippen LogP contribution is 2.36. The summed E-state index contributed by atoms with van der Waals surface area (Å²) in [6, 6.07) is 7.85. The summed E-state index contributed by atoms with van der Waals surface area (Å²) in [6.45, 7) is 2.09. The van der Waals surface area contributed by atoms with E-state index in [4.69, 9.17) is 4.74 Å². The lowest BCUT2D eigenvalue weighted by molar-refractivity contribution is -0.117. The van der Waals surface area contributed by atoms with Crippen LogP contribution in [0.4, 0.5) is 21.7 Å². The van der Waals surface area contributed by atoms with Gasteiger partial charge >= 0.3 is 0 Å². The predicted octanol–water partition coefficient (Wildman–Crippen LogP) is 3.60. The number of rotatable bonds is 6. The summed E-state index contributed by atoms with van der Waals surface area (Å²) in [4.78, 5) is 23.3. The molecule has 152 valence electrons. The van der Waals surface area contributed by atoms with Crippen LogP contribution in [0.1, 0.15) is 18.9 Å². The number of carbonyl (C=O) groups excluding carboxylic acids is 1. The average Bonchev–Trinajstić information content (AvgIpc) is 3.36. The Balaban J connectivity index is 1.77. The van der Waals surface area contributed by atoms with Gasteiger partial charge in [-0.3, -0.25) is 4.79 Å². The van der Waals surface area contributed by atoms with Gasteiger partial charge in [-0.15, -0.1) is 0 Å². The molecule has 0 aliphatic heterocycles. The van der Waals surface area contributed by atoms with Crippen LogP contribution in [0.5, 0.6) is 5.75 Å². The van der Waals surface area contributed by atoms with Crippen molar-refractivity contribution in [3.63, 3.8) is 0 Å². The number of alkyl halides is 1. The molecule has 2 aromatic heterocycles. The number of methoxy groups -OCH3 is 1. The number of hydrogen-bond donors (Lipinski definition) is 1. The van der Waals surface area contributed by atoms with Crippen LogP contribution in [0.2, 0.25) is 0 Å². The summed E-state index contributed by atoms with van der Waals surface area (Å²) in [5.74, 6) is 0.790. The molecule has 0 saturated heterocycles. The number of amides is 1. The molecule has 3 aromatic rings. The molecule has 8 heteroatoms. The minimum atomic E-state index is -1.07. The first-order valence-corrected chi connectivity index (χ1v) is 9.60. The number of halogens is 1. The van der Waals surface area contributed by atoms with Crippen LogP contribution in [0.3, 0.4) is 0 Å². The van der Waals surface area contributed by atoms with E-state index in [1.165, 1.54) is 0 Å². The zero-order chi connectivity index (χ0) is 20.7. The number of carbonyl (C=O) groups is 1. The van der Waals surface area contributed by atoms with Crippen LogP contribution >= 0.6 is 0 Å². The number of ether oxygens (including phenoxy) is 1. The molecule has 1 N–H and O–H groups in total. The van der Waals surface area contributed by atoms with E-state index in [2.05, 4.69) is 22.2 Å². The SMILES string of the molecule is CCc1ccc(OC)cc1N(C)c1cc2c(ncn2C)c(NC(=O)[C@H]2C[C@H]2F)n1. The van der Waals surface area contributed by atoms with Crippen molar-refractivity contribution in [2.45, 2.75) is 25.9 Å². The van der Waals surface area contributed by atoms with Crippen molar-refractivity contribution in [3.8, 4) is 5.75 Å². The quantitative estimate of drug-likeness (QED) is 0.688. The standard InChI is InChI=1S/C21H24FN5O2/c1-5-12-6-7-13(29-4)8-16(12)27(3)18-10-17-19(23-11-26(17)2)20(24-18)25-21(28)14-9-15(14)22/h6-8,10-11,14-15H,5,9H2,1-4H3,(H,24,25,28)/t14-,15+/m0/s1. The lowest BCUT2D eigenvalue weighted by Gasteiger charge is -2.23. The number of aryl methyl sites for hydroxylation is 2. The van der Waals surface area contributed by atoms with Crippen molar-refractivity contribution in [2.24, 2.45) is 13.0 Å². The minimum absolute atomic E-state index is 0.264. The van der Waals surface area contributed by atoms with E-state index in [9.17, 15) is 9.18 Å². The highest BCUT2D eigenvalue weighted by molar-refractivity contribution is 6.01. The van der Waals surface area contributed by atoms with Crippen LogP contribution in [0.15, 0.2) is 30.6 Å². The highest BCUT2D eigenvalue weighted by atomic mass is 19.1. The largest absolute Gasteiger partial charge is 0.497 e. The molecule has 1 aliphatic rings. The molecule has 1 amide bonds. The fraction of sp³-hybridized carbons (Fsp3) is 0.381. The fourth-order valence-electron chi connectivity index (χ4n) is 3.42. The molecule has 0 radical (unpaired) electrons. The van der Waals surface area contributed by atoms with Gasteiger partial charge < -0.3 is 19.5 Å². The van der Waals surface area contributed by atoms with Gasteiger partial charge in [0.2, 0.25) is 5.91 Å². The Morgan fingerprint density at radius 3 is 2.83 bits per heavy atom. The van der Waals surface area contributed by atoms with E-state index in [0.717, 1.165) is 28.9 Å². The van der Waals surface area contributed by atoms with Crippen LogP contribution in [0.25, 0.3) is 11.0 Å². The molecule has 2 atom stereocenters. The van der Waals surface area contributed by atoms with Gasteiger partial charge in [0.15, 0.2) is 5.82 Å². The number of pyridine rings is 1. The third-order valence-electron chi connectivity index (χ3n) is 5.37. The molecular weight excluding hydrogens is 373 g/mol. The summed E-state index contributed by atoms with van der Waals surface area (Å²) < 4.78 is 20.6. The monoisotopic (exact) mass is 397 g/mol. The number of aromatic nitrogens is 3. The number of nitrogens with one attached hydrogen (secondary N) is 1. The molecule has 7 nitrogen and oxygen atoms in total. The van der Waals surface area contributed by atoms with Crippen molar-refractivity contribution in [2.75, 3.05) is 24.4 Å². The van der Waals surface area contributed by atoms with Gasteiger partial charge in [-0.1, -0.05) is 13.0 Å². The van der Waals surface area contributed by atoms with E-state index in [1.807, 2.05) is 47.8 Å². The second-order valence-corrected chi connectivity index (χ2v) is 7.31. The zero-order valence-electron chi connectivity index (χ0n) is 16.9. The van der Waals surface area contributed by atoms with Crippen molar-refractivity contribution >= 4 is 34.3 Å². The molecule has 4 rings (SSSR count). The van der Waals surface area contributed by atoms with Crippen molar-refractivity contribution < 1.29 is 13.9 Å². The second-order valence-electron chi connectivity index (χ2n) is 7.31. The predicted molar refractivity (Wildman–Crippen MR) is 111 cm³/mol.